The van der Waals surface area contributed by atoms with Crippen LogP contribution in [0.1, 0.15) is 46.0 Å². The molecule has 3 nitrogen and oxygen atoms in total. The Morgan fingerprint density at radius 2 is 1.93 bits per heavy atom. The zero-order chi connectivity index (χ0) is 11.3. The van der Waals surface area contributed by atoms with Crippen LogP contribution < -0.4 is 5.32 Å². The second kappa shape index (κ2) is 5.50. The molecule has 0 aliphatic heterocycles. The van der Waals surface area contributed by atoms with Crippen molar-refractivity contribution in [3.05, 3.63) is 0 Å². The van der Waals surface area contributed by atoms with Gasteiger partial charge in [0.2, 0.25) is 5.91 Å². The van der Waals surface area contributed by atoms with Crippen molar-refractivity contribution >= 4 is 5.91 Å². The SMILES string of the molecule is CCN(C)C(=O)CNC1(C)CCCCC1. The highest BCUT2D eigenvalue weighted by Gasteiger charge is 2.26. The number of hydrogen-bond donors (Lipinski definition) is 1. The first-order valence-corrected chi connectivity index (χ1v) is 6.06. The van der Waals surface area contributed by atoms with E-state index in [4.69, 9.17) is 0 Å². The summed E-state index contributed by atoms with van der Waals surface area (Å²) >= 11 is 0. The molecule has 0 aromatic carbocycles. The van der Waals surface area contributed by atoms with Crippen LogP contribution in [0.3, 0.4) is 0 Å². The minimum absolute atomic E-state index is 0.197. The van der Waals surface area contributed by atoms with Gasteiger partial charge in [-0.15, -0.1) is 0 Å². The molecule has 15 heavy (non-hydrogen) atoms. The molecule has 0 spiro atoms. The molecule has 1 rings (SSSR count). The summed E-state index contributed by atoms with van der Waals surface area (Å²) in [5, 5.41) is 3.42. The van der Waals surface area contributed by atoms with Crippen LogP contribution in [0.5, 0.6) is 0 Å². The number of nitrogens with zero attached hydrogens (tertiary/aromatic N) is 1. The third-order valence-electron chi connectivity index (χ3n) is 3.52. The number of nitrogens with one attached hydrogen (secondary N) is 1. The molecule has 1 N–H and O–H groups in total. The number of amides is 1. The minimum Gasteiger partial charge on any atom is -0.345 e. The Morgan fingerprint density at radius 1 is 1.33 bits per heavy atom. The Morgan fingerprint density at radius 3 is 2.47 bits per heavy atom. The fraction of sp³-hybridized carbons (Fsp3) is 0.917. The van der Waals surface area contributed by atoms with Crippen LogP contribution in [0.15, 0.2) is 0 Å². The fourth-order valence-corrected chi connectivity index (χ4v) is 2.11. The molecular formula is C12H24N2O. The first-order valence-electron chi connectivity index (χ1n) is 6.06. The van der Waals surface area contributed by atoms with Crippen LogP contribution in [-0.2, 0) is 4.79 Å². The number of carbonyl (C=O) groups is 1. The van der Waals surface area contributed by atoms with Gasteiger partial charge in [-0.3, -0.25) is 4.79 Å². The van der Waals surface area contributed by atoms with Gasteiger partial charge in [0.05, 0.1) is 6.54 Å². The van der Waals surface area contributed by atoms with E-state index < -0.39 is 0 Å². The number of hydrogen-bond acceptors (Lipinski definition) is 2. The maximum atomic E-state index is 11.6. The Balaban J connectivity index is 2.31. The average molecular weight is 212 g/mol. The van der Waals surface area contributed by atoms with Crippen LogP contribution in [0.25, 0.3) is 0 Å². The van der Waals surface area contributed by atoms with Crippen molar-refractivity contribution in [3.63, 3.8) is 0 Å². The fourth-order valence-electron chi connectivity index (χ4n) is 2.11. The summed E-state index contributed by atoms with van der Waals surface area (Å²) in [5.74, 6) is 0.198. The molecule has 1 aliphatic rings. The van der Waals surface area contributed by atoms with Crippen LogP contribution in [-0.4, -0.2) is 36.5 Å². The predicted octanol–water partition coefficient (Wildman–Crippen LogP) is 1.78. The van der Waals surface area contributed by atoms with E-state index in [9.17, 15) is 4.79 Å². The molecule has 3 heteroatoms. The van der Waals surface area contributed by atoms with E-state index in [1.165, 1.54) is 32.1 Å². The van der Waals surface area contributed by atoms with E-state index in [-0.39, 0.29) is 11.4 Å². The molecule has 0 bridgehead atoms. The van der Waals surface area contributed by atoms with Gasteiger partial charge in [-0.25, -0.2) is 0 Å². The molecule has 0 atom stereocenters. The summed E-state index contributed by atoms with van der Waals surface area (Å²) in [6.07, 6.45) is 6.34. The molecule has 0 radical (unpaired) electrons. The van der Waals surface area contributed by atoms with E-state index in [0.29, 0.717) is 6.54 Å². The highest BCUT2D eigenvalue weighted by atomic mass is 16.2. The topological polar surface area (TPSA) is 32.3 Å². The van der Waals surface area contributed by atoms with Crippen molar-refractivity contribution in [1.82, 2.24) is 10.2 Å². The summed E-state index contributed by atoms with van der Waals surface area (Å²) in [6, 6.07) is 0. The monoisotopic (exact) mass is 212 g/mol. The minimum atomic E-state index is 0.197. The molecular weight excluding hydrogens is 188 g/mol. The van der Waals surface area contributed by atoms with Gasteiger partial charge in [0.25, 0.3) is 0 Å². The molecule has 1 aliphatic carbocycles. The highest BCUT2D eigenvalue weighted by molar-refractivity contribution is 5.77. The maximum absolute atomic E-state index is 11.6. The Hall–Kier alpha value is -0.570. The normalized spacial score (nSPS) is 19.9. The Labute approximate surface area is 93.2 Å². The van der Waals surface area contributed by atoms with Gasteiger partial charge in [0.1, 0.15) is 0 Å². The molecule has 1 saturated carbocycles. The summed E-state index contributed by atoms with van der Waals surface area (Å²) in [5.41, 5.74) is 0.197. The third kappa shape index (κ3) is 3.82. The molecule has 88 valence electrons. The zero-order valence-electron chi connectivity index (χ0n) is 10.3. The molecule has 0 aromatic heterocycles. The van der Waals surface area contributed by atoms with Crippen molar-refractivity contribution in [1.29, 1.82) is 0 Å². The molecule has 0 unspecified atom stereocenters. The van der Waals surface area contributed by atoms with Gasteiger partial charge in [0.15, 0.2) is 0 Å². The van der Waals surface area contributed by atoms with Crippen molar-refractivity contribution in [2.24, 2.45) is 0 Å². The van der Waals surface area contributed by atoms with E-state index in [1.54, 1.807) is 4.90 Å². The average Bonchev–Trinajstić information content (AvgIpc) is 2.26. The molecule has 1 amide bonds. The van der Waals surface area contributed by atoms with Crippen molar-refractivity contribution in [3.8, 4) is 0 Å². The zero-order valence-corrected chi connectivity index (χ0v) is 10.3. The van der Waals surface area contributed by atoms with Crippen LogP contribution in [0.4, 0.5) is 0 Å². The van der Waals surface area contributed by atoms with E-state index in [0.717, 1.165) is 6.54 Å². The van der Waals surface area contributed by atoms with Gasteiger partial charge in [0, 0.05) is 19.1 Å². The van der Waals surface area contributed by atoms with E-state index in [1.807, 2.05) is 14.0 Å². The summed E-state index contributed by atoms with van der Waals surface area (Å²) in [6.45, 7) is 5.52. The lowest BCUT2D eigenvalue weighted by Gasteiger charge is -2.35. The van der Waals surface area contributed by atoms with E-state index in [2.05, 4.69) is 12.2 Å². The number of carbonyl (C=O) groups excluding carboxylic acids is 1. The Kier molecular flexibility index (Phi) is 4.58. The van der Waals surface area contributed by atoms with Crippen LogP contribution >= 0.6 is 0 Å². The van der Waals surface area contributed by atoms with Gasteiger partial charge >= 0.3 is 0 Å². The standard InChI is InChI=1S/C12H24N2O/c1-4-14(3)11(15)10-13-12(2)8-6-5-7-9-12/h13H,4-10H2,1-3H3. The molecule has 0 saturated heterocycles. The highest BCUT2D eigenvalue weighted by Crippen LogP contribution is 2.27. The predicted molar refractivity (Wildman–Crippen MR) is 62.8 cm³/mol. The van der Waals surface area contributed by atoms with Gasteiger partial charge in [-0.2, -0.15) is 0 Å². The number of likely N-dealkylation sites (N-methyl/N-ethyl adjacent to an activating group) is 1. The molecule has 1 fully saturated rings. The van der Waals surface area contributed by atoms with Gasteiger partial charge in [-0.1, -0.05) is 19.3 Å². The largest absolute Gasteiger partial charge is 0.345 e. The van der Waals surface area contributed by atoms with Crippen LogP contribution in [0, 0.1) is 0 Å². The second-order valence-corrected chi connectivity index (χ2v) is 4.88. The van der Waals surface area contributed by atoms with E-state index >= 15 is 0 Å². The molecule has 0 aromatic rings. The van der Waals surface area contributed by atoms with Crippen molar-refractivity contribution < 1.29 is 4.79 Å². The Bertz CT molecular complexity index is 210. The smallest absolute Gasteiger partial charge is 0.236 e. The maximum Gasteiger partial charge on any atom is 0.236 e. The van der Waals surface area contributed by atoms with Crippen LogP contribution in [0.2, 0.25) is 0 Å². The second-order valence-electron chi connectivity index (χ2n) is 4.88. The van der Waals surface area contributed by atoms with Gasteiger partial charge in [-0.05, 0) is 26.7 Å². The van der Waals surface area contributed by atoms with Crippen molar-refractivity contribution in [2.75, 3.05) is 20.1 Å². The lowest BCUT2D eigenvalue weighted by Crippen LogP contribution is -2.48. The quantitative estimate of drug-likeness (QED) is 0.770. The lowest BCUT2D eigenvalue weighted by atomic mass is 9.83. The summed E-state index contributed by atoms with van der Waals surface area (Å²) in [7, 11) is 1.85. The number of rotatable bonds is 4. The lowest BCUT2D eigenvalue weighted by molar-refractivity contribution is -0.129. The first-order chi connectivity index (χ1) is 7.07. The summed E-state index contributed by atoms with van der Waals surface area (Å²) < 4.78 is 0. The first kappa shape index (κ1) is 12.5. The molecule has 0 heterocycles. The third-order valence-corrected chi connectivity index (χ3v) is 3.52. The summed E-state index contributed by atoms with van der Waals surface area (Å²) in [4.78, 5) is 13.4. The van der Waals surface area contributed by atoms with Crippen molar-refractivity contribution in [2.45, 2.75) is 51.5 Å². The van der Waals surface area contributed by atoms with Gasteiger partial charge < -0.3 is 10.2 Å².